The first-order chi connectivity index (χ1) is 13.3. The summed E-state index contributed by atoms with van der Waals surface area (Å²) >= 11 is 0. The normalized spacial score (nSPS) is 14.8. The fourth-order valence-corrected chi connectivity index (χ4v) is 3.85. The smallest absolute Gasteiger partial charge is 0.266 e. The molecule has 27 heavy (non-hydrogen) atoms. The number of benzene rings is 2. The number of hydrazine groups is 1. The molecule has 0 aliphatic carbocycles. The summed E-state index contributed by atoms with van der Waals surface area (Å²) in [6.45, 7) is 1.82. The van der Waals surface area contributed by atoms with E-state index in [1.54, 1.807) is 0 Å². The van der Waals surface area contributed by atoms with Crippen LogP contribution >= 0.6 is 0 Å². The molecule has 2 aromatic carbocycles. The number of hydrogen-bond donors (Lipinski definition) is 1. The van der Waals surface area contributed by atoms with Crippen LogP contribution in [0.1, 0.15) is 23.2 Å². The van der Waals surface area contributed by atoms with Crippen LogP contribution in [0.4, 0.5) is 0 Å². The van der Waals surface area contributed by atoms with Crippen molar-refractivity contribution in [1.29, 1.82) is 0 Å². The Balaban J connectivity index is 1.70. The molecule has 5 heteroatoms. The minimum absolute atomic E-state index is 0.0594. The van der Waals surface area contributed by atoms with Gasteiger partial charge in [-0.1, -0.05) is 48.5 Å². The monoisotopic (exact) mass is 356 g/mol. The van der Waals surface area contributed by atoms with E-state index in [0.29, 0.717) is 5.56 Å². The zero-order chi connectivity index (χ0) is 18.2. The van der Waals surface area contributed by atoms with E-state index in [4.69, 9.17) is 0 Å². The molecule has 0 bridgehead atoms. The van der Waals surface area contributed by atoms with Gasteiger partial charge in [-0.2, -0.15) is 0 Å². The minimum Gasteiger partial charge on any atom is -0.298 e. The van der Waals surface area contributed by atoms with Gasteiger partial charge in [-0.3, -0.25) is 14.6 Å². The molecule has 1 N–H and O–H groups in total. The maximum absolute atomic E-state index is 13.0. The van der Waals surface area contributed by atoms with Crippen LogP contribution in [-0.4, -0.2) is 33.4 Å². The van der Waals surface area contributed by atoms with Gasteiger partial charge in [0.25, 0.3) is 5.91 Å². The highest BCUT2D eigenvalue weighted by Crippen LogP contribution is 2.29. The van der Waals surface area contributed by atoms with Crippen LogP contribution < -0.4 is 5.43 Å². The molecule has 2 aromatic heterocycles. The summed E-state index contributed by atoms with van der Waals surface area (Å²) in [5.74, 6) is -0.0594. The zero-order valence-electron chi connectivity index (χ0n) is 14.9. The summed E-state index contributed by atoms with van der Waals surface area (Å²) in [5, 5.41) is 2.94. The molecule has 1 fully saturated rings. The number of fused-ring (bicyclic) bond motifs is 3. The molecular formula is C22H20N4O. The Bertz CT molecular complexity index is 1130. The van der Waals surface area contributed by atoms with E-state index in [1.807, 2.05) is 72.0 Å². The summed E-state index contributed by atoms with van der Waals surface area (Å²) in [6.07, 6.45) is 4.09. The number of aromatic nitrogens is 2. The predicted molar refractivity (Wildman–Crippen MR) is 106 cm³/mol. The van der Waals surface area contributed by atoms with Gasteiger partial charge in [-0.25, -0.2) is 9.99 Å². The highest BCUT2D eigenvalue weighted by atomic mass is 16.2. The summed E-state index contributed by atoms with van der Waals surface area (Å²) in [6, 6.07) is 20.0. The average molecular weight is 356 g/mol. The lowest BCUT2D eigenvalue weighted by molar-refractivity contribution is 0.0827. The van der Waals surface area contributed by atoms with Gasteiger partial charge in [0, 0.05) is 24.0 Å². The van der Waals surface area contributed by atoms with Crippen molar-refractivity contribution in [1.82, 2.24) is 19.8 Å². The Hall–Kier alpha value is -3.18. The summed E-state index contributed by atoms with van der Waals surface area (Å²) in [4.78, 5) is 17.7. The molecule has 3 heterocycles. The van der Waals surface area contributed by atoms with Crippen molar-refractivity contribution in [3.05, 3.63) is 72.6 Å². The lowest BCUT2D eigenvalue weighted by Gasteiger charge is -2.17. The quantitative estimate of drug-likeness (QED) is 0.606. The zero-order valence-corrected chi connectivity index (χ0v) is 14.9. The van der Waals surface area contributed by atoms with Gasteiger partial charge in [-0.15, -0.1) is 0 Å². The van der Waals surface area contributed by atoms with E-state index >= 15 is 0 Å². The number of rotatable bonds is 3. The summed E-state index contributed by atoms with van der Waals surface area (Å²) in [7, 11) is 0. The van der Waals surface area contributed by atoms with Gasteiger partial charge in [-0.05, 0) is 25.0 Å². The standard InChI is InChI=1S/C22H20N4O/c27-22(24-25-12-6-7-13-25)18-14-20-21(16-8-2-1-3-9-16)23-15-26(20)19-11-5-4-10-17(18)19/h1-5,8-11,14-15H,6-7,12-13H2,(H,24,27). The Morgan fingerprint density at radius 2 is 1.67 bits per heavy atom. The molecule has 1 aliphatic rings. The molecule has 1 amide bonds. The number of carbonyl (C=O) groups is 1. The maximum atomic E-state index is 13.0. The highest BCUT2D eigenvalue weighted by molar-refractivity contribution is 6.08. The topological polar surface area (TPSA) is 49.6 Å². The number of nitrogens with one attached hydrogen (secondary N) is 1. The SMILES string of the molecule is O=C(NN1CCCC1)c1cc2c(-c3ccccc3)ncn2c2ccccc12. The van der Waals surface area contributed by atoms with Crippen LogP contribution in [0.2, 0.25) is 0 Å². The third-order valence-electron chi connectivity index (χ3n) is 5.20. The number of pyridine rings is 1. The molecular weight excluding hydrogens is 336 g/mol. The molecule has 0 atom stereocenters. The second-order valence-electron chi connectivity index (χ2n) is 6.92. The van der Waals surface area contributed by atoms with E-state index < -0.39 is 0 Å². The van der Waals surface area contributed by atoms with Crippen molar-refractivity contribution in [2.24, 2.45) is 0 Å². The fraction of sp³-hybridized carbons (Fsp3) is 0.182. The number of amides is 1. The van der Waals surface area contributed by atoms with E-state index in [-0.39, 0.29) is 5.91 Å². The van der Waals surface area contributed by atoms with Gasteiger partial charge < -0.3 is 0 Å². The minimum atomic E-state index is -0.0594. The Morgan fingerprint density at radius 1 is 0.926 bits per heavy atom. The van der Waals surface area contributed by atoms with E-state index in [2.05, 4.69) is 14.8 Å². The molecule has 0 spiro atoms. The molecule has 1 saturated heterocycles. The van der Waals surface area contributed by atoms with E-state index in [9.17, 15) is 4.79 Å². The molecule has 5 nitrogen and oxygen atoms in total. The van der Waals surface area contributed by atoms with Crippen LogP contribution in [0.15, 0.2) is 67.0 Å². The predicted octanol–water partition coefficient (Wildman–Crippen LogP) is 3.90. The van der Waals surface area contributed by atoms with Crippen LogP contribution in [-0.2, 0) is 0 Å². The number of carbonyl (C=O) groups excluding carboxylic acids is 1. The molecule has 0 radical (unpaired) electrons. The van der Waals surface area contributed by atoms with Crippen molar-refractivity contribution < 1.29 is 4.79 Å². The fourth-order valence-electron chi connectivity index (χ4n) is 3.85. The molecule has 134 valence electrons. The van der Waals surface area contributed by atoms with Crippen molar-refractivity contribution in [3.63, 3.8) is 0 Å². The van der Waals surface area contributed by atoms with Gasteiger partial charge in [0.2, 0.25) is 0 Å². The van der Waals surface area contributed by atoms with Gasteiger partial charge in [0.15, 0.2) is 0 Å². The summed E-state index contributed by atoms with van der Waals surface area (Å²) in [5.41, 5.74) is 7.60. The van der Waals surface area contributed by atoms with Gasteiger partial charge >= 0.3 is 0 Å². The summed E-state index contributed by atoms with van der Waals surface area (Å²) < 4.78 is 2.06. The number of imidazole rings is 1. The van der Waals surface area contributed by atoms with Gasteiger partial charge in [0.05, 0.1) is 22.3 Å². The largest absolute Gasteiger partial charge is 0.298 e. The van der Waals surface area contributed by atoms with Crippen molar-refractivity contribution in [2.75, 3.05) is 13.1 Å². The van der Waals surface area contributed by atoms with E-state index in [0.717, 1.165) is 53.6 Å². The van der Waals surface area contributed by atoms with Crippen LogP contribution in [0, 0.1) is 0 Å². The van der Waals surface area contributed by atoms with Crippen LogP contribution in [0.25, 0.3) is 27.7 Å². The number of para-hydroxylation sites is 1. The Labute approximate surface area is 157 Å². The highest BCUT2D eigenvalue weighted by Gasteiger charge is 2.19. The number of nitrogens with zero attached hydrogens (tertiary/aromatic N) is 3. The second-order valence-corrected chi connectivity index (χ2v) is 6.92. The molecule has 0 saturated carbocycles. The lowest BCUT2D eigenvalue weighted by Crippen LogP contribution is -2.40. The first kappa shape index (κ1) is 16.0. The number of hydrogen-bond acceptors (Lipinski definition) is 3. The second kappa shape index (κ2) is 6.52. The molecule has 1 aliphatic heterocycles. The molecule has 4 aromatic rings. The first-order valence-electron chi connectivity index (χ1n) is 9.31. The lowest BCUT2D eigenvalue weighted by atomic mass is 10.1. The van der Waals surface area contributed by atoms with Crippen LogP contribution in [0.3, 0.4) is 0 Å². The maximum Gasteiger partial charge on any atom is 0.266 e. The Morgan fingerprint density at radius 3 is 2.48 bits per heavy atom. The van der Waals surface area contributed by atoms with Crippen molar-refractivity contribution in [2.45, 2.75) is 12.8 Å². The third kappa shape index (κ3) is 2.76. The first-order valence-corrected chi connectivity index (χ1v) is 9.31. The molecule has 5 rings (SSSR count). The molecule has 0 unspecified atom stereocenters. The van der Waals surface area contributed by atoms with Crippen molar-refractivity contribution >= 4 is 22.3 Å². The third-order valence-corrected chi connectivity index (χ3v) is 5.20. The van der Waals surface area contributed by atoms with Crippen molar-refractivity contribution in [3.8, 4) is 11.3 Å². The average Bonchev–Trinajstić information content (AvgIpc) is 3.37. The Kier molecular flexibility index (Phi) is 3.87. The van der Waals surface area contributed by atoms with Gasteiger partial charge in [0.1, 0.15) is 6.33 Å². The van der Waals surface area contributed by atoms with E-state index in [1.165, 1.54) is 0 Å². The van der Waals surface area contributed by atoms with Crippen LogP contribution in [0.5, 0.6) is 0 Å².